The summed E-state index contributed by atoms with van der Waals surface area (Å²) >= 11 is 0. The summed E-state index contributed by atoms with van der Waals surface area (Å²) in [7, 11) is 0. The summed E-state index contributed by atoms with van der Waals surface area (Å²) in [6, 6.07) is 11.0. The van der Waals surface area contributed by atoms with Crippen LogP contribution in [-0.2, 0) is 12.8 Å². The molecule has 0 bridgehead atoms. The van der Waals surface area contributed by atoms with E-state index in [1.807, 2.05) is 18.5 Å². The van der Waals surface area contributed by atoms with Crippen LogP contribution in [0.15, 0.2) is 49.1 Å². The molecular formula is C24H26N6O. The highest BCUT2D eigenvalue weighted by atomic mass is 16.3. The fourth-order valence-electron chi connectivity index (χ4n) is 5.22. The van der Waals surface area contributed by atoms with E-state index < -0.39 is 0 Å². The molecule has 0 radical (unpaired) electrons. The molecule has 3 N–H and O–H groups in total. The monoisotopic (exact) mass is 414 g/mol. The highest BCUT2D eigenvalue weighted by Crippen LogP contribution is 2.39. The molecule has 6 rings (SSSR count). The van der Waals surface area contributed by atoms with Crippen molar-refractivity contribution in [1.82, 2.24) is 24.9 Å². The molecule has 7 heteroatoms. The van der Waals surface area contributed by atoms with Crippen molar-refractivity contribution >= 4 is 27.8 Å². The number of nitrogens with one attached hydrogen (secondary N) is 2. The predicted molar refractivity (Wildman–Crippen MR) is 121 cm³/mol. The number of aliphatic hydroxyl groups excluding tert-OH is 1. The second-order valence-corrected chi connectivity index (χ2v) is 8.86. The van der Waals surface area contributed by atoms with Crippen LogP contribution in [0.4, 0.5) is 5.82 Å². The Hall–Kier alpha value is -3.03. The number of hydrazine groups is 1. The van der Waals surface area contributed by atoms with Gasteiger partial charge in [0.1, 0.15) is 17.8 Å². The van der Waals surface area contributed by atoms with E-state index in [4.69, 9.17) is 4.98 Å². The maximum absolute atomic E-state index is 10.8. The van der Waals surface area contributed by atoms with Gasteiger partial charge in [-0.1, -0.05) is 12.1 Å². The second kappa shape index (κ2) is 7.59. The third-order valence-electron chi connectivity index (χ3n) is 6.86. The lowest BCUT2D eigenvalue weighted by Gasteiger charge is -2.18. The highest BCUT2D eigenvalue weighted by Gasteiger charge is 2.34. The number of anilines is 1. The first-order valence-corrected chi connectivity index (χ1v) is 11.1. The number of fused-ring (bicyclic) bond motifs is 3. The average molecular weight is 415 g/mol. The Bertz CT molecular complexity index is 1250. The molecular weight excluding hydrogens is 388 g/mol. The van der Waals surface area contributed by atoms with Crippen LogP contribution in [0.25, 0.3) is 21.9 Å². The first-order valence-electron chi connectivity index (χ1n) is 11.1. The van der Waals surface area contributed by atoms with Crippen LogP contribution in [0.5, 0.6) is 0 Å². The minimum absolute atomic E-state index is 0.0840. The number of aromatic nitrogens is 4. The molecule has 0 spiro atoms. The molecule has 1 saturated carbocycles. The summed E-state index contributed by atoms with van der Waals surface area (Å²) < 4.78 is 2.13. The van der Waals surface area contributed by atoms with Crippen molar-refractivity contribution in [2.75, 3.05) is 12.0 Å². The normalized spacial score (nSPS) is 23.2. The van der Waals surface area contributed by atoms with Crippen LogP contribution in [0, 0.1) is 5.92 Å². The summed E-state index contributed by atoms with van der Waals surface area (Å²) in [5, 5.41) is 13.0. The molecule has 3 atom stereocenters. The van der Waals surface area contributed by atoms with Gasteiger partial charge in [-0.15, -0.1) is 0 Å². The summed E-state index contributed by atoms with van der Waals surface area (Å²) in [5.41, 5.74) is 10.9. The van der Waals surface area contributed by atoms with Gasteiger partial charge in [-0.3, -0.25) is 0 Å². The van der Waals surface area contributed by atoms with Crippen molar-refractivity contribution in [1.29, 1.82) is 0 Å². The maximum atomic E-state index is 10.8. The van der Waals surface area contributed by atoms with Gasteiger partial charge in [-0.2, -0.15) is 0 Å². The molecule has 1 aromatic carbocycles. The SMILES string of the molecule is O[C@@H]1C[C@@H](CCc2ccc3cc4c(nc3c2)NNCC4)C[C@H]1n1ccc2cncnc21. The van der Waals surface area contributed by atoms with Gasteiger partial charge in [-0.25, -0.2) is 20.4 Å². The first kappa shape index (κ1) is 18.7. The Labute approximate surface area is 180 Å². The van der Waals surface area contributed by atoms with Crippen molar-refractivity contribution in [2.24, 2.45) is 5.92 Å². The quantitative estimate of drug-likeness (QED) is 0.474. The van der Waals surface area contributed by atoms with Crippen LogP contribution < -0.4 is 10.9 Å². The minimum Gasteiger partial charge on any atom is -0.391 e. The summed E-state index contributed by atoms with van der Waals surface area (Å²) in [4.78, 5) is 13.3. The number of aryl methyl sites for hydroxylation is 1. The van der Waals surface area contributed by atoms with Crippen molar-refractivity contribution < 1.29 is 5.11 Å². The molecule has 1 aliphatic heterocycles. The molecule has 0 amide bonds. The van der Waals surface area contributed by atoms with E-state index in [9.17, 15) is 5.11 Å². The van der Waals surface area contributed by atoms with Gasteiger partial charge in [-0.05, 0) is 67.3 Å². The standard InChI is InChI=1S/C24H26N6O/c31-22-11-16(10-21(22)30-8-6-19-13-25-14-26-24(19)30)2-1-15-3-4-17-12-18-5-7-27-29-23(18)28-20(17)9-15/h3-4,6,8-9,12-14,16,21-22,27,31H,1-2,5,7,10-11H2,(H,28,29)/t16-,21+,22+/m0/s1. The number of pyridine rings is 1. The Balaban J connectivity index is 1.16. The van der Waals surface area contributed by atoms with Gasteiger partial charge >= 0.3 is 0 Å². The molecule has 7 nitrogen and oxygen atoms in total. The molecule has 4 aromatic rings. The molecule has 2 aliphatic rings. The second-order valence-electron chi connectivity index (χ2n) is 8.86. The predicted octanol–water partition coefficient (Wildman–Crippen LogP) is 3.40. The molecule has 3 aromatic heterocycles. The summed E-state index contributed by atoms with van der Waals surface area (Å²) in [5.74, 6) is 1.44. The van der Waals surface area contributed by atoms with Crippen LogP contribution in [0.2, 0.25) is 0 Å². The van der Waals surface area contributed by atoms with Crippen LogP contribution in [-0.4, -0.2) is 37.3 Å². The Kier molecular flexibility index (Phi) is 4.58. The largest absolute Gasteiger partial charge is 0.391 e. The molecule has 0 saturated heterocycles. The topological polar surface area (TPSA) is 87.9 Å². The molecule has 0 unspecified atom stereocenters. The van der Waals surface area contributed by atoms with Crippen molar-refractivity contribution in [3.63, 3.8) is 0 Å². The van der Waals surface area contributed by atoms with E-state index in [1.54, 1.807) is 6.33 Å². The van der Waals surface area contributed by atoms with Crippen molar-refractivity contribution in [3.8, 4) is 0 Å². The fourth-order valence-corrected chi connectivity index (χ4v) is 5.22. The average Bonchev–Trinajstić information content (AvgIpc) is 3.39. The number of hydrogen-bond donors (Lipinski definition) is 3. The van der Waals surface area contributed by atoms with E-state index in [1.165, 1.54) is 16.5 Å². The maximum Gasteiger partial charge on any atom is 0.144 e. The van der Waals surface area contributed by atoms with Gasteiger partial charge < -0.3 is 15.1 Å². The van der Waals surface area contributed by atoms with Gasteiger partial charge in [0.05, 0.1) is 17.7 Å². The molecule has 4 heterocycles. The lowest BCUT2D eigenvalue weighted by molar-refractivity contribution is 0.136. The van der Waals surface area contributed by atoms with E-state index >= 15 is 0 Å². The number of benzene rings is 1. The molecule has 1 fully saturated rings. The Morgan fingerprint density at radius 1 is 1.13 bits per heavy atom. The lowest BCUT2D eigenvalue weighted by Crippen LogP contribution is -2.30. The van der Waals surface area contributed by atoms with Crippen LogP contribution >= 0.6 is 0 Å². The summed E-state index contributed by atoms with van der Waals surface area (Å²) in [6.07, 6.45) is 9.99. The van der Waals surface area contributed by atoms with Gasteiger partial charge in [0, 0.05) is 29.7 Å². The highest BCUT2D eigenvalue weighted by molar-refractivity contribution is 5.82. The smallest absolute Gasteiger partial charge is 0.144 e. The lowest BCUT2D eigenvalue weighted by atomic mass is 9.97. The zero-order chi connectivity index (χ0) is 20.8. The minimum atomic E-state index is -0.334. The zero-order valence-corrected chi connectivity index (χ0v) is 17.3. The Morgan fingerprint density at radius 2 is 2.10 bits per heavy atom. The van der Waals surface area contributed by atoms with E-state index in [0.717, 1.165) is 61.0 Å². The number of rotatable bonds is 4. The fraction of sp³-hybridized carbons (Fsp3) is 0.375. The summed E-state index contributed by atoms with van der Waals surface area (Å²) in [6.45, 7) is 0.929. The van der Waals surface area contributed by atoms with E-state index in [-0.39, 0.29) is 12.1 Å². The number of hydrogen-bond acceptors (Lipinski definition) is 6. The van der Waals surface area contributed by atoms with Crippen LogP contribution in [0.3, 0.4) is 0 Å². The first-order chi connectivity index (χ1) is 15.2. The van der Waals surface area contributed by atoms with E-state index in [0.29, 0.717) is 5.92 Å². The van der Waals surface area contributed by atoms with Gasteiger partial charge in [0.25, 0.3) is 0 Å². The van der Waals surface area contributed by atoms with Gasteiger partial charge in [0.2, 0.25) is 0 Å². The van der Waals surface area contributed by atoms with Crippen LogP contribution in [0.1, 0.15) is 36.4 Å². The zero-order valence-electron chi connectivity index (χ0n) is 17.3. The van der Waals surface area contributed by atoms with E-state index in [2.05, 4.69) is 49.7 Å². The number of nitrogens with zero attached hydrogens (tertiary/aromatic N) is 4. The number of aliphatic hydroxyl groups is 1. The van der Waals surface area contributed by atoms with Crippen molar-refractivity contribution in [2.45, 2.75) is 44.2 Å². The molecule has 158 valence electrons. The van der Waals surface area contributed by atoms with Crippen molar-refractivity contribution in [3.05, 3.63) is 60.2 Å². The third-order valence-corrected chi connectivity index (χ3v) is 6.86. The third kappa shape index (κ3) is 3.43. The van der Waals surface area contributed by atoms with Gasteiger partial charge in [0.15, 0.2) is 0 Å². The molecule has 1 aliphatic carbocycles. The molecule has 31 heavy (non-hydrogen) atoms. The Morgan fingerprint density at radius 3 is 3.06 bits per heavy atom.